The molecule has 0 amide bonds. The van der Waals surface area contributed by atoms with E-state index in [1.165, 1.54) is 24.3 Å². The van der Waals surface area contributed by atoms with Crippen LogP contribution in [0.4, 0.5) is 5.69 Å². The van der Waals surface area contributed by atoms with E-state index < -0.39 is 7.82 Å². The lowest BCUT2D eigenvalue weighted by Crippen LogP contribution is -2.18. The topological polar surface area (TPSA) is 98.4 Å². The Morgan fingerprint density at radius 1 is 1.25 bits per heavy atom. The molecule has 66 valence electrons. The Morgan fingerprint density at radius 2 is 1.75 bits per heavy atom. The number of benzene rings is 1. The first-order chi connectivity index (χ1) is 5.47. The monoisotopic (exact) mass is 187 g/mol. The van der Waals surface area contributed by atoms with Crippen LogP contribution >= 0.6 is 7.82 Å². The van der Waals surface area contributed by atoms with Crippen LogP contribution in [0.5, 0.6) is 5.75 Å². The highest BCUT2D eigenvalue weighted by Gasteiger charge is 1.94. The highest BCUT2D eigenvalue weighted by Crippen LogP contribution is 2.28. The Bertz CT molecular complexity index is 304. The quantitative estimate of drug-likeness (QED) is 0.495. The number of hydrogen-bond donors (Lipinski definition) is 1. The van der Waals surface area contributed by atoms with Gasteiger partial charge >= 0.3 is 0 Å². The molecule has 6 heteroatoms. The van der Waals surface area contributed by atoms with Crippen LogP contribution in [0.2, 0.25) is 0 Å². The van der Waals surface area contributed by atoms with E-state index in [-0.39, 0.29) is 5.75 Å². The Labute approximate surface area is 69.0 Å². The number of rotatable bonds is 2. The molecule has 0 saturated carbocycles. The Morgan fingerprint density at radius 3 is 2.17 bits per heavy atom. The first kappa shape index (κ1) is 9.06. The van der Waals surface area contributed by atoms with Crippen molar-refractivity contribution in [1.82, 2.24) is 0 Å². The smallest absolute Gasteiger partial charge is 0.124 e. The Kier molecular flexibility index (Phi) is 2.38. The molecule has 0 spiro atoms. The van der Waals surface area contributed by atoms with Crippen LogP contribution in [0.3, 0.4) is 0 Å². The second-order valence-corrected chi connectivity index (χ2v) is 3.18. The van der Waals surface area contributed by atoms with Gasteiger partial charge in [0.05, 0.1) is 0 Å². The molecule has 0 radical (unpaired) electrons. The van der Waals surface area contributed by atoms with Gasteiger partial charge in [-0.1, -0.05) is 0 Å². The minimum absolute atomic E-state index is 0.0301. The molecule has 0 unspecified atom stereocenters. The predicted octanol–water partition coefficient (Wildman–Crippen LogP) is -0.524. The molecular weight excluding hydrogens is 181 g/mol. The summed E-state index contributed by atoms with van der Waals surface area (Å²) in [6.07, 6.45) is 0. The maximum absolute atomic E-state index is 10.1. The molecule has 1 rings (SSSR count). The minimum Gasteiger partial charge on any atom is -0.780 e. The van der Waals surface area contributed by atoms with Gasteiger partial charge in [0.25, 0.3) is 0 Å². The van der Waals surface area contributed by atoms with Gasteiger partial charge in [0.15, 0.2) is 0 Å². The molecule has 0 aromatic heterocycles. The lowest BCUT2D eigenvalue weighted by atomic mass is 10.3. The third-order valence-corrected chi connectivity index (χ3v) is 1.53. The van der Waals surface area contributed by atoms with Crippen LogP contribution < -0.4 is 20.0 Å². The van der Waals surface area contributed by atoms with Gasteiger partial charge in [-0.2, -0.15) is 0 Å². The summed E-state index contributed by atoms with van der Waals surface area (Å²) in [4.78, 5) is 20.2. The van der Waals surface area contributed by atoms with E-state index in [4.69, 9.17) is 5.73 Å². The van der Waals surface area contributed by atoms with E-state index >= 15 is 0 Å². The predicted molar refractivity (Wildman–Crippen MR) is 39.1 cm³/mol. The summed E-state index contributed by atoms with van der Waals surface area (Å²) in [5, 5.41) is 0. The average Bonchev–Trinajstić information content (AvgIpc) is 1.91. The van der Waals surface area contributed by atoms with Crippen molar-refractivity contribution in [2.24, 2.45) is 0 Å². The van der Waals surface area contributed by atoms with Crippen molar-refractivity contribution in [3.8, 4) is 5.75 Å². The number of phosphoric acid groups is 1. The number of hydrogen-bond acceptors (Lipinski definition) is 5. The summed E-state index contributed by atoms with van der Waals surface area (Å²) in [6, 6.07) is 5.48. The molecule has 0 heterocycles. The zero-order chi connectivity index (χ0) is 9.19. The van der Waals surface area contributed by atoms with Crippen molar-refractivity contribution in [1.29, 1.82) is 0 Å². The minimum atomic E-state index is -4.94. The molecule has 2 N–H and O–H groups in total. The molecule has 0 fully saturated rings. The Balaban J connectivity index is 2.78. The molecule has 12 heavy (non-hydrogen) atoms. The van der Waals surface area contributed by atoms with E-state index in [2.05, 4.69) is 4.52 Å². The highest BCUT2D eigenvalue weighted by molar-refractivity contribution is 7.43. The van der Waals surface area contributed by atoms with E-state index in [0.717, 1.165) is 0 Å². The van der Waals surface area contributed by atoms with Crippen LogP contribution in [0.25, 0.3) is 0 Å². The number of nitrogen functional groups attached to an aromatic ring is 1. The zero-order valence-electron chi connectivity index (χ0n) is 5.97. The number of phosphoric ester groups is 1. The fourth-order valence-electron chi connectivity index (χ4n) is 0.658. The van der Waals surface area contributed by atoms with Crippen LogP contribution in [0, 0.1) is 0 Å². The zero-order valence-corrected chi connectivity index (χ0v) is 6.86. The van der Waals surface area contributed by atoms with Crippen LogP contribution in [0.15, 0.2) is 24.3 Å². The molecule has 0 atom stereocenters. The Hall–Kier alpha value is -1.03. The third-order valence-electron chi connectivity index (χ3n) is 1.10. The first-order valence-corrected chi connectivity index (χ1v) is 4.51. The van der Waals surface area contributed by atoms with Gasteiger partial charge in [-0.15, -0.1) is 0 Å². The van der Waals surface area contributed by atoms with E-state index in [0.29, 0.717) is 5.69 Å². The largest absolute Gasteiger partial charge is 0.780 e. The normalized spacial score (nSPS) is 11.2. The molecule has 0 aliphatic carbocycles. The number of nitrogens with two attached hydrogens (primary N) is 1. The molecule has 1 aromatic carbocycles. The van der Waals surface area contributed by atoms with Crippen molar-refractivity contribution >= 4 is 13.5 Å². The van der Waals surface area contributed by atoms with E-state index in [1.54, 1.807) is 0 Å². The summed E-state index contributed by atoms with van der Waals surface area (Å²) in [6.45, 7) is 0. The van der Waals surface area contributed by atoms with Gasteiger partial charge in [0.2, 0.25) is 0 Å². The van der Waals surface area contributed by atoms with Gasteiger partial charge in [0, 0.05) is 5.69 Å². The standard InChI is InChI=1S/C6H8NO4P/c7-5-1-3-6(4-2-5)11-12(8,9)10/h1-4H,7H2,(H2,8,9,10)/p-2. The van der Waals surface area contributed by atoms with Crippen LogP contribution in [-0.2, 0) is 4.57 Å². The van der Waals surface area contributed by atoms with Crippen LogP contribution in [0.1, 0.15) is 0 Å². The second-order valence-electron chi connectivity index (χ2n) is 2.11. The second kappa shape index (κ2) is 3.15. The first-order valence-electron chi connectivity index (χ1n) is 3.04. The van der Waals surface area contributed by atoms with Gasteiger partial charge < -0.3 is 24.6 Å². The summed E-state index contributed by atoms with van der Waals surface area (Å²) in [5.74, 6) is -0.0301. The fourth-order valence-corrected chi connectivity index (χ4v) is 1.04. The number of anilines is 1. The van der Waals surface area contributed by atoms with E-state index in [9.17, 15) is 14.4 Å². The van der Waals surface area contributed by atoms with Gasteiger partial charge in [-0.05, 0) is 24.3 Å². The highest BCUT2D eigenvalue weighted by atomic mass is 31.2. The van der Waals surface area contributed by atoms with Crippen LogP contribution in [-0.4, -0.2) is 0 Å². The van der Waals surface area contributed by atoms with Gasteiger partial charge in [-0.25, -0.2) is 0 Å². The lowest BCUT2D eigenvalue weighted by molar-refractivity contribution is -0.333. The van der Waals surface area contributed by atoms with Crippen molar-refractivity contribution in [2.75, 3.05) is 5.73 Å². The third kappa shape index (κ3) is 2.92. The van der Waals surface area contributed by atoms with Crippen molar-refractivity contribution in [2.45, 2.75) is 0 Å². The summed E-state index contributed by atoms with van der Waals surface area (Å²) >= 11 is 0. The molecule has 0 bridgehead atoms. The van der Waals surface area contributed by atoms with Crippen molar-refractivity contribution in [3.05, 3.63) is 24.3 Å². The summed E-state index contributed by atoms with van der Waals surface area (Å²) in [5.41, 5.74) is 5.78. The lowest BCUT2D eigenvalue weighted by Gasteiger charge is -2.28. The fraction of sp³-hybridized carbons (Fsp3) is 0. The maximum atomic E-state index is 10.1. The molecular formula is C6H6NO4P-2. The molecule has 5 nitrogen and oxygen atoms in total. The van der Waals surface area contributed by atoms with Crippen molar-refractivity contribution in [3.63, 3.8) is 0 Å². The van der Waals surface area contributed by atoms with Gasteiger partial charge in [0.1, 0.15) is 13.6 Å². The van der Waals surface area contributed by atoms with E-state index in [1.807, 2.05) is 0 Å². The van der Waals surface area contributed by atoms with Crippen molar-refractivity contribution < 1.29 is 18.9 Å². The molecule has 0 saturated heterocycles. The summed E-state index contributed by atoms with van der Waals surface area (Å²) < 4.78 is 14.1. The molecule has 1 aromatic rings. The maximum Gasteiger partial charge on any atom is 0.124 e. The SMILES string of the molecule is Nc1ccc(OP(=O)([O-])[O-])cc1. The summed E-state index contributed by atoms with van der Waals surface area (Å²) in [7, 11) is -4.94. The average molecular weight is 187 g/mol. The molecule has 0 aliphatic rings. The van der Waals surface area contributed by atoms with Gasteiger partial charge in [-0.3, -0.25) is 0 Å². The molecule has 0 aliphatic heterocycles.